The van der Waals surface area contributed by atoms with Crippen LogP contribution in [0.15, 0.2) is 76.0 Å². The number of esters is 1. The molecule has 4 aromatic rings. The molecule has 0 spiro atoms. The van der Waals surface area contributed by atoms with E-state index in [-0.39, 0.29) is 24.9 Å². The molecule has 176 valence electrons. The highest BCUT2D eigenvalue weighted by molar-refractivity contribution is 7.99. The average Bonchev–Trinajstić information content (AvgIpc) is 3.46. The number of aromatic nitrogens is 3. The number of H-pyrrole nitrogens is 2. The van der Waals surface area contributed by atoms with Crippen LogP contribution in [0.3, 0.4) is 0 Å². The molecule has 0 amide bonds. The first-order valence-electron chi connectivity index (χ1n) is 11.5. The van der Waals surface area contributed by atoms with Gasteiger partial charge in [-0.3, -0.25) is 4.79 Å². The Balaban J connectivity index is 1.41. The van der Waals surface area contributed by atoms with E-state index in [9.17, 15) is 9.59 Å². The molecule has 4 heterocycles. The quantitative estimate of drug-likeness (QED) is 0.314. The Morgan fingerprint density at radius 2 is 2.06 bits per heavy atom. The zero-order valence-corrected chi connectivity index (χ0v) is 19.8. The van der Waals surface area contributed by atoms with Crippen molar-refractivity contribution in [3.05, 3.63) is 82.8 Å². The standard InChI is InChI=1S/C26H23N5O3S/c1-2-34-25(33)24-23-16(11-28-24)21(22-19(29-23)12-27-13-20(22)32)14-6-5-7-15(10-14)35-26-30-17-8-3-4-9-18(17)31-26/h3-11,21,27-29H,2,12-13H2,1H3,(H,30,31). The van der Waals surface area contributed by atoms with E-state index >= 15 is 0 Å². The minimum absolute atomic E-state index is 0.0450. The minimum Gasteiger partial charge on any atom is -0.461 e. The molecule has 6 rings (SSSR count). The smallest absolute Gasteiger partial charge is 0.356 e. The van der Waals surface area contributed by atoms with Gasteiger partial charge in [0.2, 0.25) is 0 Å². The number of anilines is 1. The van der Waals surface area contributed by atoms with Crippen molar-refractivity contribution in [1.29, 1.82) is 0 Å². The summed E-state index contributed by atoms with van der Waals surface area (Å²) >= 11 is 1.54. The van der Waals surface area contributed by atoms with Crippen LogP contribution in [-0.2, 0) is 9.53 Å². The third-order valence-electron chi connectivity index (χ3n) is 6.25. The second-order valence-corrected chi connectivity index (χ2v) is 9.49. The molecule has 0 bridgehead atoms. The summed E-state index contributed by atoms with van der Waals surface area (Å²) in [5.74, 6) is -0.677. The topological polar surface area (TPSA) is 112 Å². The molecule has 2 aliphatic heterocycles. The van der Waals surface area contributed by atoms with Gasteiger partial charge in [0, 0.05) is 40.4 Å². The largest absolute Gasteiger partial charge is 0.461 e. The summed E-state index contributed by atoms with van der Waals surface area (Å²) in [6.45, 7) is 2.87. The molecule has 0 radical (unpaired) electrons. The second kappa shape index (κ2) is 8.75. The van der Waals surface area contributed by atoms with E-state index in [0.717, 1.165) is 43.5 Å². The fourth-order valence-corrected chi connectivity index (χ4v) is 5.64. The molecule has 0 aliphatic carbocycles. The fourth-order valence-electron chi connectivity index (χ4n) is 4.77. The zero-order valence-electron chi connectivity index (χ0n) is 19.0. The fraction of sp³-hybridized carbons (Fsp3) is 0.192. The number of ether oxygens (including phenoxy) is 1. The molecule has 1 atom stereocenters. The molecule has 0 fully saturated rings. The highest BCUT2D eigenvalue weighted by Crippen LogP contribution is 2.45. The molecule has 0 saturated heterocycles. The third-order valence-corrected chi connectivity index (χ3v) is 7.13. The number of nitrogens with zero attached hydrogens (tertiary/aromatic N) is 1. The molecular weight excluding hydrogens is 462 g/mol. The van der Waals surface area contributed by atoms with Crippen LogP contribution in [0.4, 0.5) is 5.69 Å². The van der Waals surface area contributed by atoms with Gasteiger partial charge in [-0.25, -0.2) is 9.78 Å². The molecule has 0 saturated carbocycles. The first-order valence-corrected chi connectivity index (χ1v) is 12.3. The summed E-state index contributed by atoms with van der Waals surface area (Å²) in [6.07, 6.45) is 1.80. The molecule has 35 heavy (non-hydrogen) atoms. The predicted molar refractivity (Wildman–Crippen MR) is 134 cm³/mol. The van der Waals surface area contributed by atoms with Gasteiger partial charge >= 0.3 is 5.97 Å². The van der Waals surface area contributed by atoms with Gasteiger partial charge in [0.25, 0.3) is 0 Å². The maximum Gasteiger partial charge on any atom is 0.356 e. The number of hydrogen-bond acceptors (Lipinski definition) is 7. The van der Waals surface area contributed by atoms with Gasteiger partial charge in [-0.1, -0.05) is 36.0 Å². The van der Waals surface area contributed by atoms with Crippen molar-refractivity contribution in [2.75, 3.05) is 25.0 Å². The lowest BCUT2D eigenvalue weighted by atomic mass is 9.79. The normalized spacial score (nSPS) is 17.2. The number of hydrogen-bond donors (Lipinski definition) is 4. The van der Waals surface area contributed by atoms with Gasteiger partial charge in [0.1, 0.15) is 5.69 Å². The van der Waals surface area contributed by atoms with Crippen molar-refractivity contribution < 1.29 is 14.3 Å². The molecule has 8 nitrogen and oxygen atoms in total. The number of fused-ring (bicyclic) bond motifs is 2. The summed E-state index contributed by atoms with van der Waals surface area (Å²) < 4.78 is 5.24. The van der Waals surface area contributed by atoms with Crippen LogP contribution < -0.4 is 10.6 Å². The first-order chi connectivity index (χ1) is 17.1. The van der Waals surface area contributed by atoms with Crippen molar-refractivity contribution in [3.63, 3.8) is 0 Å². The lowest BCUT2D eigenvalue weighted by Crippen LogP contribution is -2.39. The average molecular weight is 486 g/mol. The lowest BCUT2D eigenvalue weighted by molar-refractivity contribution is -0.115. The van der Waals surface area contributed by atoms with E-state index in [2.05, 4.69) is 31.7 Å². The Morgan fingerprint density at radius 1 is 1.17 bits per heavy atom. The lowest BCUT2D eigenvalue weighted by Gasteiger charge is -2.33. The highest BCUT2D eigenvalue weighted by Gasteiger charge is 2.38. The maximum absolute atomic E-state index is 13.1. The van der Waals surface area contributed by atoms with E-state index in [1.54, 1.807) is 24.9 Å². The molecular formula is C26H23N5O3S. The van der Waals surface area contributed by atoms with Gasteiger partial charge < -0.3 is 25.3 Å². The molecule has 2 aliphatic rings. The first kappa shape index (κ1) is 21.7. The van der Waals surface area contributed by atoms with Crippen molar-refractivity contribution in [3.8, 4) is 0 Å². The number of benzene rings is 2. The van der Waals surface area contributed by atoms with Crippen LogP contribution in [0.2, 0.25) is 0 Å². The van der Waals surface area contributed by atoms with Crippen LogP contribution in [-0.4, -0.2) is 46.4 Å². The number of nitrogens with one attached hydrogen (secondary N) is 4. The van der Waals surface area contributed by atoms with Crippen LogP contribution in [0, 0.1) is 0 Å². The summed E-state index contributed by atoms with van der Waals surface area (Å²) in [5, 5.41) is 7.28. The van der Waals surface area contributed by atoms with Crippen molar-refractivity contribution in [2.24, 2.45) is 0 Å². The number of carbonyl (C=O) groups is 2. The van der Waals surface area contributed by atoms with Crippen LogP contribution in [0.5, 0.6) is 0 Å². The Hall–Kier alpha value is -3.82. The monoisotopic (exact) mass is 485 g/mol. The molecule has 1 unspecified atom stereocenters. The van der Waals surface area contributed by atoms with E-state index < -0.39 is 5.97 Å². The number of imidazole rings is 1. The second-order valence-electron chi connectivity index (χ2n) is 8.43. The van der Waals surface area contributed by atoms with Gasteiger partial charge in [0.15, 0.2) is 10.9 Å². The van der Waals surface area contributed by atoms with Crippen molar-refractivity contribution in [2.45, 2.75) is 22.9 Å². The van der Waals surface area contributed by atoms with Crippen molar-refractivity contribution in [1.82, 2.24) is 20.3 Å². The van der Waals surface area contributed by atoms with Crippen LogP contribution >= 0.6 is 11.8 Å². The number of para-hydroxylation sites is 2. The Morgan fingerprint density at radius 3 is 2.91 bits per heavy atom. The number of Topliss-reactive ketones (excluding diaryl/α,β-unsaturated/α-hetero) is 1. The molecule has 4 N–H and O–H groups in total. The van der Waals surface area contributed by atoms with E-state index in [4.69, 9.17) is 4.74 Å². The Kier molecular flexibility index (Phi) is 5.43. The summed E-state index contributed by atoms with van der Waals surface area (Å²) in [5.41, 5.74) is 6.30. The van der Waals surface area contributed by atoms with Gasteiger partial charge in [-0.15, -0.1) is 0 Å². The number of carbonyl (C=O) groups excluding carboxylic acids is 2. The molecule has 9 heteroatoms. The van der Waals surface area contributed by atoms with Gasteiger partial charge in [-0.05, 0) is 36.8 Å². The number of rotatable bonds is 5. The summed E-state index contributed by atoms with van der Waals surface area (Å²) in [7, 11) is 0. The SMILES string of the molecule is CCOC(=O)c1[nH]cc2c1NC1=C(C(=O)CNC1)C2c1cccc(Sc2nc3ccccc3[nH]2)c1. The zero-order chi connectivity index (χ0) is 23.9. The summed E-state index contributed by atoms with van der Waals surface area (Å²) in [4.78, 5) is 37.7. The van der Waals surface area contributed by atoms with E-state index in [1.807, 2.05) is 42.5 Å². The Bertz CT molecular complexity index is 1470. The predicted octanol–water partition coefficient (Wildman–Crippen LogP) is 4.20. The number of ketones is 1. The maximum atomic E-state index is 13.1. The molecule has 2 aromatic heterocycles. The third kappa shape index (κ3) is 3.82. The van der Waals surface area contributed by atoms with Gasteiger partial charge in [0.05, 0.1) is 29.9 Å². The van der Waals surface area contributed by atoms with E-state index in [0.29, 0.717) is 17.9 Å². The number of aromatic amines is 2. The van der Waals surface area contributed by atoms with Gasteiger partial charge in [-0.2, -0.15) is 0 Å². The van der Waals surface area contributed by atoms with Crippen LogP contribution in [0.1, 0.15) is 34.5 Å². The van der Waals surface area contributed by atoms with Crippen molar-refractivity contribution >= 4 is 40.2 Å². The summed E-state index contributed by atoms with van der Waals surface area (Å²) in [6, 6.07) is 16.1. The van der Waals surface area contributed by atoms with E-state index in [1.165, 1.54) is 0 Å². The highest BCUT2D eigenvalue weighted by atomic mass is 32.2. The Labute approximate surface area is 205 Å². The minimum atomic E-state index is -0.423. The van der Waals surface area contributed by atoms with Crippen LogP contribution in [0.25, 0.3) is 11.0 Å². The molecule has 2 aromatic carbocycles.